The molecule has 0 fully saturated rings. The number of fused-ring (bicyclic) bond motifs is 1. The molecule has 0 atom stereocenters. The van der Waals surface area contributed by atoms with Gasteiger partial charge in [-0.05, 0) is 41.3 Å². The largest absolute Gasteiger partial charge is 0.0613 e. The van der Waals surface area contributed by atoms with Gasteiger partial charge in [-0.2, -0.15) is 0 Å². The second-order valence-corrected chi connectivity index (χ2v) is 3.37. The van der Waals surface area contributed by atoms with Crippen molar-refractivity contribution in [3.8, 4) is 0 Å². The zero-order valence-corrected chi connectivity index (χ0v) is 8.09. The summed E-state index contributed by atoms with van der Waals surface area (Å²) in [5.41, 5.74) is 2.62. The molecule has 2 rings (SSSR count). The molecule has 0 aliphatic rings. The molecule has 0 heterocycles. The molecule has 1 radical (unpaired) electrons. The van der Waals surface area contributed by atoms with Crippen molar-refractivity contribution < 1.29 is 0 Å². The summed E-state index contributed by atoms with van der Waals surface area (Å²) in [6.45, 7) is 4.27. The van der Waals surface area contributed by atoms with Crippen LogP contribution in [0, 0.1) is 13.0 Å². The topological polar surface area (TPSA) is 0 Å². The van der Waals surface area contributed by atoms with Crippen LogP contribution in [0.25, 0.3) is 10.8 Å². The van der Waals surface area contributed by atoms with E-state index in [-0.39, 0.29) is 0 Å². The third-order valence-corrected chi connectivity index (χ3v) is 2.41. The van der Waals surface area contributed by atoms with E-state index in [2.05, 4.69) is 50.2 Å². The third-order valence-electron chi connectivity index (χ3n) is 2.41. The molecule has 0 aliphatic heterocycles. The Kier molecular flexibility index (Phi) is 2.05. The van der Waals surface area contributed by atoms with Gasteiger partial charge in [0, 0.05) is 0 Å². The number of rotatable bonds is 1. The first-order valence-corrected chi connectivity index (χ1v) is 4.72. The smallest absolute Gasteiger partial charge is 0.00671 e. The van der Waals surface area contributed by atoms with E-state index < -0.39 is 0 Å². The summed E-state index contributed by atoms with van der Waals surface area (Å²) in [6, 6.07) is 14.1. The number of hydrogen-bond acceptors (Lipinski definition) is 0. The summed E-state index contributed by atoms with van der Waals surface area (Å²) < 4.78 is 0. The van der Waals surface area contributed by atoms with Crippen LogP contribution in [0.1, 0.15) is 18.1 Å². The van der Waals surface area contributed by atoms with Crippen LogP contribution in [-0.4, -0.2) is 0 Å². The van der Waals surface area contributed by atoms with E-state index in [9.17, 15) is 0 Å². The quantitative estimate of drug-likeness (QED) is 0.612. The van der Waals surface area contributed by atoms with E-state index in [0.29, 0.717) is 0 Å². The van der Waals surface area contributed by atoms with Crippen molar-refractivity contribution in [1.82, 2.24) is 0 Å². The zero-order chi connectivity index (χ0) is 9.26. The average molecular weight is 169 g/mol. The SMILES string of the molecule is CCc1cccc2[c]c(C)ccc12. The van der Waals surface area contributed by atoms with E-state index >= 15 is 0 Å². The Labute approximate surface area is 79.2 Å². The molecule has 0 unspecified atom stereocenters. The summed E-state index contributed by atoms with van der Waals surface area (Å²) in [6.07, 6.45) is 1.09. The molecular weight excluding hydrogens is 156 g/mol. The molecule has 0 aromatic heterocycles. The molecule has 0 spiro atoms. The summed E-state index contributed by atoms with van der Waals surface area (Å²) >= 11 is 0. The first-order chi connectivity index (χ1) is 6.31. The lowest BCUT2D eigenvalue weighted by Crippen LogP contribution is -1.83. The van der Waals surface area contributed by atoms with E-state index in [1.54, 1.807) is 0 Å². The molecule has 0 amide bonds. The summed E-state index contributed by atoms with van der Waals surface area (Å²) in [4.78, 5) is 0. The van der Waals surface area contributed by atoms with Gasteiger partial charge in [0.2, 0.25) is 0 Å². The number of hydrogen-bond donors (Lipinski definition) is 0. The van der Waals surface area contributed by atoms with Gasteiger partial charge >= 0.3 is 0 Å². The van der Waals surface area contributed by atoms with Gasteiger partial charge in [-0.3, -0.25) is 0 Å². The molecule has 13 heavy (non-hydrogen) atoms. The lowest BCUT2D eigenvalue weighted by molar-refractivity contribution is 1.16. The van der Waals surface area contributed by atoms with Crippen LogP contribution < -0.4 is 0 Å². The van der Waals surface area contributed by atoms with Crippen molar-refractivity contribution in [3.05, 3.63) is 47.5 Å². The highest BCUT2D eigenvalue weighted by Crippen LogP contribution is 2.19. The molecule has 0 nitrogen and oxygen atoms in total. The maximum atomic E-state index is 3.36. The fraction of sp³-hybridized carbons (Fsp3) is 0.231. The molecule has 0 saturated heterocycles. The van der Waals surface area contributed by atoms with Crippen LogP contribution in [0.4, 0.5) is 0 Å². The molecule has 2 aromatic carbocycles. The van der Waals surface area contributed by atoms with Crippen molar-refractivity contribution in [2.24, 2.45) is 0 Å². The van der Waals surface area contributed by atoms with Gasteiger partial charge < -0.3 is 0 Å². The number of benzene rings is 2. The summed E-state index contributed by atoms with van der Waals surface area (Å²) in [5.74, 6) is 0. The van der Waals surface area contributed by atoms with Crippen molar-refractivity contribution in [1.29, 1.82) is 0 Å². The Morgan fingerprint density at radius 3 is 2.77 bits per heavy atom. The standard InChI is InChI=1S/C13H13/c1-3-11-5-4-6-12-9-10(2)7-8-13(11)12/h4-8H,3H2,1-2H3. The Hall–Kier alpha value is -1.30. The minimum Gasteiger partial charge on any atom is -0.0613 e. The van der Waals surface area contributed by atoms with Crippen LogP contribution >= 0.6 is 0 Å². The second-order valence-electron chi connectivity index (χ2n) is 3.37. The Balaban J connectivity index is 2.77. The fourth-order valence-electron chi connectivity index (χ4n) is 1.69. The van der Waals surface area contributed by atoms with Crippen molar-refractivity contribution in [3.63, 3.8) is 0 Å². The highest BCUT2D eigenvalue weighted by atomic mass is 14.0. The minimum absolute atomic E-state index is 1.09. The first-order valence-electron chi connectivity index (χ1n) is 4.72. The molecule has 65 valence electrons. The van der Waals surface area contributed by atoms with E-state index in [0.717, 1.165) is 6.42 Å². The van der Waals surface area contributed by atoms with E-state index in [1.165, 1.54) is 21.9 Å². The Morgan fingerprint density at radius 2 is 2.00 bits per heavy atom. The molecule has 0 bridgehead atoms. The maximum absolute atomic E-state index is 3.36. The van der Waals surface area contributed by atoms with E-state index in [4.69, 9.17) is 0 Å². The van der Waals surface area contributed by atoms with Gasteiger partial charge in [0.25, 0.3) is 0 Å². The molecule has 0 heteroatoms. The number of aryl methyl sites for hydroxylation is 2. The monoisotopic (exact) mass is 169 g/mol. The van der Waals surface area contributed by atoms with Gasteiger partial charge in [0.05, 0.1) is 0 Å². The first kappa shape index (κ1) is 8.31. The van der Waals surface area contributed by atoms with Crippen molar-refractivity contribution >= 4 is 10.8 Å². The van der Waals surface area contributed by atoms with Gasteiger partial charge in [0.15, 0.2) is 0 Å². The summed E-state index contributed by atoms with van der Waals surface area (Å²) in [7, 11) is 0. The molecule has 2 aromatic rings. The Bertz CT molecular complexity index is 427. The molecular formula is C13H13. The molecule has 0 aliphatic carbocycles. The lowest BCUT2D eigenvalue weighted by atomic mass is 10.0. The molecule has 0 saturated carbocycles. The van der Waals surface area contributed by atoms with Gasteiger partial charge in [-0.1, -0.05) is 37.3 Å². The maximum Gasteiger partial charge on any atom is -0.00671 e. The second kappa shape index (κ2) is 3.21. The van der Waals surface area contributed by atoms with Crippen LogP contribution in [0.2, 0.25) is 0 Å². The zero-order valence-electron chi connectivity index (χ0n) is 8.09. The van der Waals surface area contributed by atoms with Gasteiger partial charge in [-0.15, -0.1) is 0 Å². The minimum atomic E-state index is 1.09. The fourth-order valence-corrected chi connectivity index (χ4v) is 1.69. The van der Waals surface area contributed by atoms with Crippen molar-refractivity contribution in [2.45, 2.75) is 20.3 Å². The van der Waals surface area contributed by atoms with Crippen LogP contribution in [0.5, 0.6) is 0 Å². The van der Waals surface area contributed by atoms with Crippen LogP contribution in [-0.2, 0) is 6.42 Å². The van der Waals surface area contributed by atoms with Gasteiger partial charge in [-0.25, -0.2) is 0 Å². The highest BCUT2D eigenvalue weighted by molar-refractivity contribution is 5.85. The van der Waals surface area contributed by atoms with E-state index in [1.807, 2.05) is 0 Å². The Morgan fingerprint density at radius 1 is 1.15 bits per heavy atom. The average Bonchev–Trinajstić information content (AvgIpc) is 2.16. The molecule has 0 N–H and O–H groups in total. The van der Waals surface area contributed by atoms with Crippen LogP contribution in [0.3, 0.4) is 0 Å². The predicted molar refractivity (Wildman–Crippen MR) is 56.9 cm³/mol. The summed E-state index contributed by atoms with van der Waals surface area (Å²) in [5, 5.41) is 2.58. The van der Waals surface area contributed by atoms with Gasteiger partial charge in [0.1, 0.15) is 0 Å². The van der Waals surface area contributed by atoms with Crippen molar-refractivity contribution in [2.75, 3.05) is 0 Å². The normalized spacial score (nSPS) is 10.6. The third kappa shape index (κ3) is 1.44. The highest BCUT2D eigenvalue weighted by Gasteiger charge is 1.98. The van der Waals surface area contributed by atoms with Crippen LogP contribution in [0.15, 0.2) is 30.3 Å². The lowest BCUT2D eigenvalue weighted by Gasteiger charge is -2.03. The predicted octanol–water partition coefficient (Wildman–Crippen LogP) is 3.51.